The van der Waals surface area contributed by atoms with Crippen LogP contribution in [0.1, 0.15) is 86.0 Å². The monoisotopic (exact) mass is 446 g/mol. The largest absolute Gasteiger partial charge is 0.465 e. The lowest BCUT2D eigenvalue weighted by atomic mass is 9.45. The maximum absolute atomic E-state index is 12.6. The predicted octanol–water partition coefficient (Wildman–Crippen LogP) is 4.13. The number of ketones is 1. The minimum atomic E-state index is -0.923. The number of ether oxygens (including phenoxy) is 2. The van der Waals surface area contributed by atoms with E-state index in [1.54, 1.807) is 6.08 Å². The van der Waals surface area contributed by atoms with Crippen LogP contribution in [0.3, 0.4) is 0 Å². The molecule has 0 radical (unpaired) electrons. The Morgan fingerprint density at radius 1 is 1.09 bits per heavy atom. The fraction of sp³-hybridized carbons (Fsp3) is 0.808. The summed E-state index contributed by atoms with van der Waals surface area (Å²) in [6, 6.07) is 0. The Hall–Kier alpha value is -1.69. The van der Waals surface area contributed by atoms with E-state index in [1.807, 2.05) is 20.8 Å². The third-order valence-corrected chi connectivity index (χ3v) is 9.08. The zero-order chi connectivity index (χ0) is 23.5. The van der Waals surface area contributed by atoms with E-state index < -0.39 is 16.4 Å². The molecule has 6 atom stereocenters. The SMILES string of the molecule is CC(=O)OC[C@]12CCC(=O)C=C1CC[C@@]1(O)[C@@H]2CC[C@]2(C)[C@@H](OC(=O)C(C)(C)C)CC[C@H]21. The van der Waals surface area contributed by atoms with Crippen LogP contribution < -0.4 is 0 Å². The average molecular weight is 447 g/mol. The predicted molar refractivity (Wildman–Crippen MR) is 118 cm³/mol. The molecule has 4 aliphatic rings. The van der Waals surface area contributed by atoms with Gasteiger partial charge in [0, 0.05) is 30.1 Å². The molecule has 0 heterocycles. The quantitative estimate of drug-likeness (QED) is 0.656. The topological polar surface area (TPSA) is 89.9 Å². The van der Waals surface area contributed by atoms with Gasteiger partial charge in [0.05, 0.1) is 11.0 Å². The number of esters is 2. The van der Waals surface area contributed by atoms with Crippen LogP contribution in [0, 0.1) is 28.1 Å². The van der Waals surface area contributed by atoms with Crippen molar-refractivity contribution in [2.75, 3.05) is 6.61 Å². The van der Waals surface area contributed by atoms with Crippen molar-refractivity contribution in [1.82, 2.24) is 0 Å². The second kappa shape index (κ2) is 7.68. The van der Waals surface area contributed by atoms with Gasteiger partial charge in [0.2, 0.25) is 0 Å². The minimum absolute atomic E-state index is 0.0138. The summed E-state index contributed by atoms with van der Waals surface area (Å²) in [6.07, 6.45) is 7.01. The molecule has 0 aromatic heterocycles. The summed E-state index contributed by atoms with van der Waals surface area (Å²) in [5.74, 6) is -0.457. The summed E-state index contributed by atoms with van der Waals surface area (Å²) in [6.45, 7) is 9.41. The molecule has 178 valence electrons. The number of fused-ring (bicyclic) bond motifs is 5. The van der Waals surface area contributed by atoms with Gasteiger partial charge in [-0.3, -0.25) is 14.4 Å². The first kappa shape index (κ1) is 23.5. The Morgan fingerprint density at radius 2 is 1.81 bits per heavy atom. The Morgan fingerprint density at radius 3 is 2.47 bits per heavy atom. The van der Waals surface area contributed by atoms with Crippen molar-refractivity contribution in [1.29, 1.82) is 0 Å². The van der Waals surface area contributed by atoms with Gasteiger partial charge in [0.15, 0.2) is 5.78 Å². The van der Waals surface area contributed by atoms with Crippen molar-refractivity contribution in [3.05, 3.63) is 11.6 Å². The van der Waals surface area contributed by atoms with Crippen molar-refractivity contribution in [2.45, 2.75) is 97.7 Å². The second-order valence-corrected chi connectivity index (χ2v) is 11.9. The van der Waals surface area contributed by atoms with E-state index in [4.69, 9.17) is 9.47 Å². The lowest BCUT2D eigenvalue weighted by Gasteiger charge is -2.62. The van der Waals surface area contributed by atoms with Gasteiger partial charge < -0.3 is 14.6 Å². The highest BCUT2D eigenvalue weighted by Gasteiger charge is 2.67. The van der Waals surface area contributed by atoms with Crippen LogP contribution >= 0.6 is 0 Å². The Kier molecular flexibility index (Phi) is 5.63. The normalized spacial score (nSPS) is 41.1. The van der Waals surface area contributed by atoms with Crippen molar-refractivity contribution >= 4 is 17.7 Å². The lowest BCUT2D eigenvalue weighted by Crippen LogP contribution is -2.64. The number of hydrogen-bond acceptors (Lipinski definition) is 6. The van der Waals surface area contributed by atoms with Crippen molar-refractivity contribution in [3.8, 4) is 0 Å². The number of hydrogen-bond donors (Lipinski definition) is 1. The van der Waals surface area contributed by atoms with E-state index in [9.17, 15) is 19.5 Å². The smallest absolute Gasteiger partial charge is 0.311 e. The van der Waals surface area contributed by atoms with Gasteiger partial charge in [-0.05, 0) is 77.7 Å². The van der Waals surface area contributed by atoms with Crippen LogP contribution in [0.15, 0.2) is 11.6 Å². The summed E-state index contributed by atoms with van der Waals surface area (Å²) in [4.78, 5) is 36.6. The number of rotatable bonds is 3. The zero-order valence-corrected chi connectivity index (χ0v) is 20.2. The van der Waals surface area contributed by atoms with Crippen molar-refractivity contribution < 1.29 is 29.0 Å². The standard InChI is InChI=1S/C26H38O6/c1-16(27)31-15-25-12-9-18(28)14-17(25)8-13-26(30)19-6-7-21(32-22(29)23(2,3)4)24(19,5)11-10-20(25)26/h14,19-21,30H,6-13,15H2,1-5H3/t19-,20-,21+,24+,25-,26+/m1/s1. The van der Waals surface area contributed by atoms with Crippen LogP contribution in [0.4, 0.5) is 0 Å². The molecule has 3 fully saturated rings. The van der Waals surface area contributed by atoms with Gasteiger partial charge in [-0.1, -0.05) is 12.5 Å². The Bertz CT molecular complexity index is 853. The maximum atomic E-state index is 12.6. The van der Waals surface area contributed by atoms with E-state index in [0.717, 1.165) is 31.3 Å². The first-order chi connectivity index (χ1) is 14.8. The molecule has 0 bridgehead atoms. The Labute approximate surface area is 191 Å². The van der Waals surface area contributed by atoms with Crippen LogP contribution in [0.25, 0.3) is 0 Å². The molecule has 1 N–H and O–H groups in total. The van der Waals surface area contributed by atoms with Gasteiger partial charge >= 0.3 is 11.9 Å². The highest BCUT2D eigenvalue weighted by Crippen LogP contribution is 2.67. The Balaban J connectivity index is 1.66. The maximum Gasteiger partial charge on any atom is 0.311 e. The van der Waals surface area contributed by atoms with Gasteiger partial charge in [0.25, 0.3) is 0 Å². The van der Waals surface area contributed by atoms with E-state index in [2.05, 4.69) is 6.92 Å². The van der Waals surface area contributed by atoms with Crippen LogP contribution in [-0.2, 0) is 23.9 Å². The fourth-order valence-electron chi connectivity index (χ4n) is 7.38. The second-order valence-electron chi connectivity index (χ2n) is 11.9. The third-order valence-electron chi connectivity index (χ3n) is 9.08. The van der Waals surface area contributed by atoms with E-state index >= 15 is 0 Å². The highest BCUT2D eigenvalue weighted by molar-refractivity contribution is 5.91. The molecular formula is C26H38O6. The highest BCUT2D eigenvalue weighted by atomic mass is 16.5. The third kappa shape index (κ3) is 3.53. The van der Waals surface area contributed by atoms with E-state index in [0.29, 0.717) is 25.7 Å². The van der Waals surface area contributed by atoms with Crippen molar-refractivity contribution in [3.63, 3.8) is 0 Å². The van der Waals surface area contributed by atoms with E-state index in [1.165, 1.54) is 6.92 Å². The number of carbonyl (C=O) groups is 3. The van der Waals surface area contributed by atoms with Crippen LogP contribution in [0.2, 0.25) is 0 Å². The lowest BCUT2D eigenvalue weighted by molar-refractivity contribution is -0.211. The van der Waals surface area contributed by atoms with Crippen molar-refractivity contribution in [2.24, 2.45) is 28.1 Å². The molecule has 0 aromatic carbocycles. The molecule has 4 rings (SSSR count). The molecule has 0 aromatic rings. The van der Waals surface area contributed by atoms with Gasteiger partial charge in [0.1, 0.15) is 12.7 Å². The molecule has 32 heavy (non-hydrogen) atoms. The molecule has 0 unspecified atom stereocenters. The van der Waals surface area contributed by atoms with Gasteiger partial charge in [-0.25, -0.2) is 0 Å². The summed E-state index contributed by atoms with van der Waals surface area (Å²) in [5.41, 5.74) is -1.19. The summed E-state index contributed by atoms with van der Waals surface area (Å²) < 4.78 is 11.6. The van der Waals surface area contributed by atoms with Gasteiger partial charge in [-0.15, -0.1) is 0 Å². The molecular weight excluding hydrogens is 408 g/mol. The molecule has 0 amide bonds. The molecule has 0 saturated heterocycles. The number of aliphatic hydroxyl groups is 1. The van der Waals surface area contributed by atoms with Gasteiger partial charge in [-0.2, -0.15) is 0 Å². The average Bonchev–Trinajstić information content (AvgIpc) is 3.03. The summed E-state index contributed by atoms with van der Waals surface area (Å²) in [7, 11) is 0. The first-order valence-electron chi connectivity index (χ1n) is 12.1. The molecule has 3 saturated carbocycles. The minimum Gasteiger partial charge on any atom is -0.465 e. The summed E-state index contributed by atoms with van der Waals surface area (Å²) >= 11 is 0. The molecule has 6 nitrogen and oxygen atoms in total. The number of carbonyl (C=O) groups excluding carboxylic acids is 3. The molecule has 4 aliphatic carbocycles. The fourth-order valence-corrected chi connectivity index (χ4v) is 7.38. The van der Waals surface area contributed by atoms with E-state index in [-0.39, 0.29) is 47.7 Å². The molecule has 0 aliphatic heterocycles. The molecule has 0 spiro atoms. The molecule has 6 heteroatoms. The van der Waals surface area contributed by atoms with Crippen LogP contribution in [-0.4, -0.2) is 41.1 Å². The zero-order valence-electron chi connectivity index (χ0n) is 20.2. The first-order valence-corrected chi connectivity index (χ1v) is 12.1. The summed E-state index contributed by atoms with van der Waals surface area (Å²) in [5, 5.41) is 12.3. The van der Waals surface area contributed by atoms with Crippen LogP contribution in [0.5, 0.6) is 0 Å².